The van der Waals surface area contributed by atoms with Crippen molar-refractivity contribution in [1.29, 1.82) is 0 Å². The molecule has 6 aromatic carbocycles. The van der Waals surface area contributed by atoms with E-state index in [9.17, 15) is 0 Å². The number of nitrogens with zero attached hydrogens (tertiary/aromatic N) is 4. The van der Waals surface area contributed by atoms with E-state index in [-0.39, 0.29) is 0 Å². The minimum Gasteiger partial charge on any atom is -0.316 e. The Kier molecular flexibility index (Phi) is 5.47. The molecular formula is C40H26N4. The van der Waals surface area contributed by atoms with Crippen LogP contribution >= 0.6 is 0 Å². The van der Waals surface area contributed by atoms with E-state index >= 15 is 0 Å². The fraction of sp³-hybridized carbons (Fsp3) is 0. The maximum absolute atomic E-state index is 5.42. The molecule has 0 saturated heterocycles. The number of rotatable bonds is 4. The first-order valence-electron chi connectivity index (χ1n) is 14.9. The minimum absolute atomic E-state index is 0.660. The molecule has 0 unspecified atom stereocenters. The van der Waals surface area contributed by atoms with Crippen LogP contribution in [0.4, 0.5) is 0 Å². The summed E-state index contributed by atoms with van der Waals surface area (Å²) < 4.78 is 4.50. The Bertz CT molecular complexity index is 2490. The molecule has 0 radical (unpaired) electrons. The van der Waals surface area contributed by atoms with Gasteiger partial charge >= 0.3 is 0 Å². The minimum atomic E-state index is 0.660. The summed E-state index contributed by atoms with van der Waals surface area (Å²) in [6.07, 6.45) is 2.16. The molecule has 9 aromatic rings. The maximum atomic E-state index is 5.42. The Labute approximate surface area is 254 Å². The summed E-state index contributed by atoms with van der Waals surface area (Å²) >= 11 is 0. The van der Waals surface area contributed by atoms with Crippen molar-refractivity contribution in [2.75, 3.05) is 0 Å². The van der Waals surface area contributed by atoms with Crippen molar-refractivity contribution in [2.45, 2.75) is 0 Å². The van der Waals surface area contributed by atoms with Gasteiger partial charge in [-0.15, -0.1) is 0 Å². The fourth-order valence-corrected chi connectivity index (χ4v) is 6.63. The van der Waals surface area contributed by atoms with E-state index in [1.54, 1.807) is 0 Å². The van der Waals surface area contributed by atoms with Gasteiger partial charge in [0, 0.05) is 39.0 Å². The van der Waals surface area contributed by atoms with Crippen LogP contribution in [0.2, 0.25) is 0 Å². The Hall–Kier alpha value is -6.00. The predicted molar refractivity (Wildman–Crippen MR) is 182 cm³/mol. The van der Waals surface area contributed by atoms with Crippen LogP contribution in [-0.2, 0) is 0 Å². The first-order chi connectivity index (χ1) is 21.8. The lowest BCUT2D eigenvalue weighted by Crippen LogP contribution is -2.04. The van der Waals surface area contributed by atoms with Crippen LogP contribution in [0.25, 0.3) is 77.6 Å². The van der Waals surface area contributed by atoms with Crippen molar-refractivity contribution >= 4 is 43.6 Å². The van der Waals surface area contributed by atoms with E-state index in [1.807, 2.05) is 0 Å². The maximum Gasteiger partial charge on any atom is 0.235 e. The Balaban J connectivity index is 1.38. The number of aromatic nitrogens is 4. The zero-order valence-electron chi connectivity index (χ0n) is 23.8. The van der Waals surface area contributed by atoms with Crippen molar-refractivity contribution < 1.29 is 0 Å². The van der Waals surface area contributed by atoms with E-state index in [2.05, 4.69) is 167 Å². The standard InChI is InChI=1S/C40H26N4/c1-3-13-27(14-4-1)29-17-7-8-19-31(29)38-33-20-9-11-21-35(33)41-40(42-38)44-37-22-12-10-18-30(37)32-23-24-36-34(39(32)44)25-26-43(36)28-15-5-2-6-16-28/h1-26H. The van der Waals surface area contributed by atoms with Gasteiger partial charge in [0.2, 0.25) is 5.95 Å². The van der Waals surface area contributed by atoms with Gasteiger partial charge < -0.3 is 4.57 Å². The average molecular weight is 563 g/mol. The van der Waals surface area contributed by atoms with E-state index in [1.165, 1.54) is 10.8 Å². The van der Waals surface area contributed by atoms with Gasteiger partial charge in [-0.3, -0.25) is 4.57 Å². The first-order valence-corrected chi connectivity index (χ1v) is 14.9. The van der Waals surface area contributed by atoms with Gasteiger partial charge in [-0.1, -0.05) is 115 Å². The molecule has 3 heterocycles. The van der Waals surface area contributed by atoms with E-state index in [0.29, 0.717) is 5.95 Å². The largest absolute Gasteiger partial charge is 0.316 e. The van der Waals surface area contributed by atoms with Crippen LogP contribution in [0.3, 0.4) is 0 Å². The Morgan fingerprint density at radius 1 is 0.432 bits per heavy atom. The van der Waals surface area contributed by atoms with E-state index < -0.39 is 0 Å². The molecular weight excluding hydrogens is 536 g/mol. The Morgan fingerprint density at radius 2 is 1.11 bits per heavy atom. The molecule has 3 aromatic heterocycles. The average Bonchev–Trinajstić information content (AvgIpc) is 3.68. The Morgan fingerprint density at radius 3 is 1.95 bits per heavy atom. The predicted octanol–water partition coefficient (Wildman–Crippen LogP) is 10.0. The van der Waals surface area contributed by atoms with Crippen LogP contribution in [0.5, 0.6) is 0 Å². The molecule has 0 aliphatic rings. The summed E-state index contributed by atoms with van der Waals surface area (Å²) in [6, 6.07) is 53.1. The molecule has 0 atom stereocenters. The third-order valence-corrected chi connectivity index (χ3v) is 8.60. The quantitative estimate of drug-likeness (QED) is 0.214. The highest BCUT2D eigenvalue weighted by Crippen LogP contribution is 2.39. The molecule has 0 amide bonds. The molecule has 9 rings (SSSR count). The van der Waals surface area contributed by atoms with Crippen LogP contribution in [0, 0.1) is 0 Å². The topological polar surface area (TPSA) is 35.6 Å². The number of hydrogen-bond donors (Lipinski definition) is 0. The molecule has 206 valence electrons. The van der Waals surface area contributed by atoms with E-state index in [0.717, 1.165) is 60.9 Å². The lowest BCUT2D eigenvalue weighted by Gasteiger charge is -2.15. The summed E-state index contributed by atoms with van der Waals surface area (Å²) in [5.74, 6) is 0.660. The number of hydrogen-bond acceptors (Lipinski definition) is 2. The fourth-order valence-electron chi connectivity index (χ4n) is 6.63. The number of fused-ring (bicyclic) bond motifs is 6. The van der Waals surface area contributed by atoms with Crippen LogP contribution in [-0.4, -0.2) is 19.1 Å². The summed E-state index contributed by atoms with van der Waals surface area (Å²) in [7, 11) is 0. The van der Waals surface area contributed by atoms with Gasteiger partial charge in [-0.05, 0) is 47.5 Å². The third-order valence-electron chi connectivity index (χ3n) is 8.60. The molecule has 44 heavy (non-hydrogen) atoms. The lowest BCUT2D eigenvalue weighted by atomic mass is 9.96. The zero-order chi connectivity index (χ0) is 29.0. The molecule has 0 fully saturated rings. The SMILES string of the molecule is c1ccc(-c2ccccc2-c2nc(-n3c4ccccc4c4ccc5c(ccn5-c5ccccc5)c43)nc3ccccc23)cc1. The molecule has 0 N–H and O–H groups in total. The first kappa shape index (κ1) is 24.6. The van der Waals surface area contributed by atoms with Crippen LogP contribution < -0.4 is 0 Å². The van der Waals surface area contributed by atoms with Gasteiger partial charge in [0.05, 0.1) is 27.8 Å². The van der Waals surface area contributed by atoms with Crippen molar-refractivity contribution in [1.82, 2.24) is 19.1 Å². The van der Waals surface area contributed by atoms with Crippen LogP contribution in [0.15, 0.2) is 158 Å². The second-order valence-corrected chi connectivity index (χ2v) is 11.1. The van der Waals surface area contributed by atoms with Gasteiger partial charge in [0.15, 0.2) is 0 Å². The van der Waals surface area contributed by atoms with Gasteiger partial charge in [0.1, 0.15) is 0 Å². The van der Waals surface area contributed by atoms with Crippen molar-refractivity contribution in [3.05, 3.63) is 158 Å². The zero-order valence-corrected chi connectivity index (χ0v) is 23.8. The van der Waals surface area contributed by atoms with Gasteiger partial charge in [-0.25, -0.2) is 9.97 Å². The summed E-state index contributed by atoms with van der Waals surface area (Å²) in [5, 5.41) is 4.55. The normalized spacial score (nSPS) is 11.6. The molecule has 0 spiro atoms. The highest BCUT2D eigenvalue weighted by atomic mass is 15.2. The molecule has 0 aliphatic carbocycles. The molecule has 0 bridgehead atoms. The highest BCUT2D eigenvalue weighted by molar-refractivity contribution is 6.18. The number of para-hydroxylation sites is 3. The molecule has 0 aliphatic heterocycles. The van der Waals surface area contributed by atoms with Gasteiger partial charge in [0.25, 0.3) is 0 Å². The van der Waals surface area contributed by atoms with Gasteiger partial charge in [-0.2, -0.15) is 0 Å². The molecule has 4 heteroatoms. The smallest absolute Gasteiger partial charge is 0.235 e. The highest BCUT2D eigenvalue weighted by Gasteiger charge is 2.21. The summed E-state index contributed by atoms with van der Waals surface area (Å²) in [6.45, 7) is 0. The third kappa shape index (κ3) is 3.71. The summed E-state index contributed by atoms with van der Waals surface area (Å²) in [5.41, 5.74) is 9.69. The molecule has 0 saturated carbocycles. The van der Waals surface area contributed by atoms with Crippen molar-refractivity contribution in [3.63, 3.8) is 0 Å². The second kappa shape index (κ2) is 9.79. The summed E-state index contributed by atoms with van der Waals surface area (Å²) in [4.78, 5) is 10.6. The van der Waals surface area contributed by atoms with Crippen LogP contribution in [0.1, 0.15) is 0 Å². The molecule has 4 nitrogen and oxygen atoms in total. The monoisotopic (exact) mass is 562 g/mol. The van der Waals surface area contributed by atoms with Crippen molar-refractivity contribution in [2.24, 2.45) is 0 Å². The lowest BCUT2D eigenvalue weighted by molar-refractivity contribution is 1.02. The second-order valence-electron chi connectivity index (χ2n) is 11.1. The van der Waals surface area contributed by atoms with E-state index in [4.69, 9.17) is 9.97 Å². The number of benzene rings is 6. The van der Waals surface area contributed by atoms with Crippen molar-refractivity contribution in [3.8, 4) is 34.0 Å².